The van der Waals surface area contributed by atoms with Gasteiger partial charge in [0.15, 0.2) is 11.5 Å². The van der Waals surface area contributed by atoms with Crippen LogP contribution in [0.3, 0.4) is 0 Å². The van der Waals surface area contributed by atoms with E-state index in [0.717, 1.165) is 19.3 Å². The Bertz CT molecular complexity index is 699. The highest BCUT2D eigenvalue weighted by Crippen LogP contribution is 2.31. The first-order valence-corrected chi connectivity index (χ1v) is 9.82. The number of hydrogen-bond donors (Lipinski definition) is 3. The van der Waals surface area contributed by atoms with Crippen molar-refractivity contribution in [3.05, 3.63) is 18.2 Å². The van der Waals surface area contributed by atoms with E-state index < -0.39 is 16.1 Å². The number of carbonyl (C=O) groups excluding carboxylic acids is 1. The van der Waals surface area contributed by atoms with Gasteiger partial charge in [-0.25, -0.2) is 8.42 Å². The molecule has 0 aromatic heterocycles. The molecule has 1 atom stereocenters. The van der Waals surface area contributed by atoms with Crippen LogP contribution >= 0.6 is 12.4 Å². The maximum Gasteiger partial charge on any atom is 0.241 e. The van der Waals surface area contributed by atoms with Crippen molar-refractivity contribution in [2.24, 2.45) is 5.73 Å². The van der Waals surface area contributed by atoms with Crippen molar-refractivity contribution in [2.45, 2.75) is 37.1 Å². The van der Waals surface area contributed by atoms with E-state index in [1.165, 1.54) is 19.1 Å². The summed E-state index contributed by atoms with van der Waals surface area (Å²) < 4.78 is 38.3. The molecule has 1 unspecified atom stereocenters. The molecular formula is C16H26ClN3O5S. The van der Waals surface area contributed by atoms with Gasteiger partial charge < -0.3 is 20.5 Å². The van der Waals surface area contributed by atoms with E-state index in [0.29, 0.717) is 37.8 Å². The molecule has 0 bridgehead atoms. The third-order valence-corrected chi connectivity index (χ3v) is 5.22. The van der Waals surface area contributed by atoms with Crippen molar-refractivity contribution in [3.8, 4) is 11.5 Å². The molecule has 2 rings (SSSR count). The highest BCUT2D eigenvalue weighted by atomic mass is 35.5. The molecule has 0 radical (unpaired) electrons. The first-order valence-electron chi connectivity index (χ1n) is 8.34. The van der Waals surface area contributed by atoms with E-state index in [9.17, 15) is 13.2 Å². The lowest BCUT2D eigenvalue weighted by Crippen LogP contribution is -2.45. The van der Waals surface area contributed by atoms with Crippen LogP contribution in [0.5, 0.6) is 11.5 Å². The molecule has 1 aliphatic rings. The standard InChI is InChI=1S/C16H25N3O5S.ClH/c1-12(16(20)18-8-3-2-7-17)19-25(21,22)13-5-6-14-15(11-13)24-10-4-9-23-14;/h5-6,11-12,19H,2-4,7-10,17H2,1H3,(H,18,20);1H. The Hall–Kier alpha value is -1.55. The fourth-order valence-corrected chi connectivity index (χ4v) is 3.52. The second-order valence-electron chi connectivity index (χ2n) is 5.79. The molecule has 8 nitrogen and oxygen atoms in total. The van der Waals surface area contributed by atoms with Gasteiger partial charge >= 0.3 is 0 Å². The summed E-state index contributed by atoms with van der Waals surface area (Å²) >= 11 is 0. The molecule has 1 amide bonds. The molecule has 0 saturated heterocycles. The topological polar surface area (TPSA) is 120 Å². The molecule has 148 valence electrons. The van der Waals surface area contributed by atoms with Crippen LogP contribution in [-0.4, -0.2) is 46.7 Å². The van der Waals surface area contributed by atoms with E-state index in [1.54, 1.807) is 6.07 Å². The number of unbranched alkanes of at least 4 members (excludes halogenated alkanes) is 1. The van der Waals surface area contributed by atoms with Crippen LogP contribution in [0.1, 0.15) is 26.2 Å². The van der Waals surface area contributed by atoms with Crippen molar-refractivity contribution in [1.29, 1.82) is 0 Å². The zero-order valence-electron chi connectivity index (χ0n) is 14.7. The number of benzene rings is 1. The zero-order valence-corrected chi connectivity index (χ0v) is 16.3. The smallest absolute Gasteiger partial charge is 0.241 e. The zero-order chi connectivity index (χ0) is 18.3. The van der Waals surface area contributed by atoms with Crippen molar-refractivity contribution >= 4 is 28.3 Å². The van der Waals surface area contributed by atoms with E-state index in [-0.39, 0.29) is 23.2 Å². The monoisotopic (exact) mass is 407 g/mol. The number of ether oxygens (including phenoxy) is 2. The lowest BCUT2D eigenvalue weighted by atomic mass is 10.3. The molecule has 0 aliphatic carbocycles. The van der Waals surface area contributed by atoms with Gasteiger partial charge in [0.05, 0.1) is 24.2 Å². The number of nitrogens with one attached hydrogen (secondary N) is 2. The van der Waals surface area contributed by atoms with Crippen molar-refractivity contribution in [3.63, 3.8) is 0 Å². The Morgan fingerprint density at radius 3 is 2.62 bits per heavy atom. The molecule has 1 aromatic rings. The minimum Gasteiger partial charge on any atom is -0.490 e. The largest absolute Gasteiger partial charge is 0.490 e. The van der Waals surface area contributed by atoms with Gasteiger partial charge in [-0.15, -0.1) is 12.4 Å². The molecule has 1 heterocycles. The highest BCUT2D eigenvalue weighted by Gasteiger charge is 2.23. The summed E-state index contributed by atoms with van der Waals surface area (Å²) in [6.45, 7) is 3.51. The lowest BCUT2D eigenvalue weighted by Gasteiger charge is -2.15. The van der Waals surface area contributed by atoms with Gasteiger partial charge in [-0.05, 0) is 38.4 Å². The summed E-state index contributed by atoms with van der Waals surface area (Å²) in [4.78, 5) is 12.0. The molecule has 26 heavy (non-hydrogen) atoms. The predicted molar refractivity (Wildman–Crippen MR) is 100 cm³/mol. The highest BCUT2D eigenvalue weighted by molar-refractivity contribution is 7.89. The SMILES string of the molecule is CC(NS(=O)(=O)c1ccc2c(c1)OCCCO2)C(=O)NCCCCN.Cl. The molecule has 1 aliphatic heterocycles. The summed E-state index contributed by atoms with van der Waals surface area (Å²) in [6, 6.07) is 3.52. The summed E-state index contributed by atoms with van der Waals surface area (Å²) in [5, 5.41) is 2.68. The average molecular weight is 408 g/mol. The number of nitrogens with two attached hydrogens (primary N) is 1. The summed E-state index contributed by atoms with van der Waals surface area (Å²) in [7, 11) is -3.85. The van der Waals surface area contributed by atoms with Crippen LogP contribution in [0.25, 0.3) is 0 Å². The molecule has 0 fully saturated rings. The van der Waals surface area contributed by atoms with E-state index in [1.807, 2.05) is 0 Å². The summed E-state index contributed by atoms with van der Waals surface area (Å²) in [6.07, 6.45) is 2.29. The minimum absolute atomic E-state index is 0. The summed E-state index contributed by atoms with van der Waals surface area (Å²) in [5.74, 6) is 0.524. The second-order valence-corrected chi connectivity index (χ2v) is 7.50. The first-order chi connectivity index (χ1) is 11.9. The van der Waals surface area contributed by atoms with Crippen LogP contribution in [0, 0.1) is 0 Å². The number of halogens is 1. The van der Waals surface area contributed by atoms with Gasteiger partial charge in [-0.1, -0.05) is 0 Å². The fraction of sp³-hybridized carbons (Fsp3) is 0.562. The van der Waals surface area contributed by atoms with Gasteiger partial charge in [0.1, 0.15) is 0 Å². The Labute approximate surface area is 160 Å². The van der Waals surface area contributed by atoms with E-state index in [2.05, 4.69) is 10.0 Å². The van der Waals surface area contributed by atoms with Gasteiger partial charge in [0, 0.05) is 19.0 Å². The maximum absolute atomic E-state index is 12.5. The Morgan fingerprint density at radius 2 is 1.92 bits per heavy atom. The molecule has 4 N–H and O–H groups in total. The van der Waals surface area contributed by atoms with E-state index >= 15 is 0 Å². The molecule has 0 spiro atoms. The summed E-state index contributed by atoms with van der Waals surface area (Å²) in [5.41, 5.74) is 5.39. The number of amides is 1. The Morgan fingerprint density at radius 1 is 1.23 bits per heavy atom. The van der Waals surface area contributed by atoms with Crippen molar-refractivity contribution in [1.82, 2.24) is 10.0 Å². The molecule has 10 heteroatoms. The lowest BCUT2D eigenvalue weighted by molar-refractivity contribution is -0.122. The maximum atomic E-state index is 12.5. The average Bonchev–Trinajstić information content (AvgIpc) is 2.82. The van der Waals surface area contributed by atoms with Gasteiger partial charge in [-0.3, -0.25) is 4.79 Å². The Balaban J connectivity index is 0.00000338. The van der Waals surface area contributed by atoms with Crippen molar-refractivity contribution in [2.75, 3.05) is 26.3 Å². The normalized spacial score (nSPS) is 14.7. The quantitative estimate of drug-likeness (QED) is 0.548. The van der Waals surface area contributed by atoms with Gasteiger partial charge in [0.2, 0.25) is 15.9 Å². The number of rotatable bonds is 8. The second kappa shape index (κ2) is 10.6. The fourth-order valence-electron chi connectivity index (χ4n) is 2.30. The van der Waals surface area contributed by atoms with Crippen LogP contribution in [-0.2, 0) is 14.8 Å². The minimum atomic E-state index is -3.85. The molecular weight excluding hydrogens is 382 g/mol. The number of hydrogen-bond acceptors (Lipinski definition) is 6. The van der Waals surface area contributed by atoms with Crippen LogP contribution < -0.4 is 25.2 Å². The Kier molecular flexibility index (Phi) is 9.14. The van der Waals surface area contributed by atoms with E-state index in [4.69, 9.17) is 15.2 Å². The predicted octanol–water partition coefficient (Wildman–Crippen LogP) is 0.792. The van der Waals surface area contributed by atoms with Crippen LogP contribution in [0.15, 0.2) is 23.1 Å². The third kappa shape index (κ3) is 6.31. The van der Waals surface area contributed by atoms with Crippen LogP contribution in [0.2, 0.25) is 0 Å². The van der Waals surface area contributed by atoms with Crippen LogP contribution in [0.4, 0.5) is 0 Å². The molecule has 0 saturated carbocycles. The third-order valence-electron chi connectivity index (χ3n) is 3.68. The van der Waals surface area contributed by atoms with Gasteiger partial charge in [-0.2, -0.15) is 4.72 Å². The number of fused-ring (bicyclic) bond motifs is 1. The van der Waals surface area contributed by atoms with Gasteiger partial charge in [0.25, 0.3) is 0 Å². The number of carbonyl (C=O) groups is 1. The number of sulfonamides is 1. The van der Waals surface area contributed by atoms with Crippen molar-refractivity contribution < 1.29 is 22.7 Å². The first kappa shape index (κ1) is 22.5. The molecule has 1 aromatic carbocycles.